The van der Waals surface area contributed by atoms with Crippen molar-refractivity contribution in [3.8, 4) is 0 Å². The quantitative estimate of drug-likeness (QED) is 0.873. The molecule has 1 aliphatic carbocycles. The molecule has 1 aliphatic rings. The summed E-state index contributed by atoms with van der Waals surface area (Å²) < 4.78 is 0. The SMILES string of the molecule is CC1CCC(NCc2ccncc2Cl)CC1. The van der Waals surface area contributed by atoms with Crippen molar-refractivity contribution in [3.05, 3.63) is 29.0 Å². The van der Waals surface area contributed by atoms with Crippen molar-refractivity contribution in [1.29, 1.82) is 0 Å². The highest BCUT2D eigenvalue weighted by molar-refractivity contribution is 6.31. The normalized spacial score (nSPS) is 25.6. The van der Waals surface area contributed by atoms with E-state index in [0.29, 0.717) is 6.04 Å². The zero-order valence-electron chi connectivity index (χ0n) is 9.75. The number of hydrogen-bond donors (Lipinski definition) is 1. The van der Waals surface area contributed by atoms with E-state index in [1.807, 2.05) is 6.07 Å². The van der Waals surface area contributed by atoms with E-state index >= 15 is 0 Å². The fourth-order valence-corrected chi connectivity index (χ4v) is 2.45. The maximum atomic E-state index is 6.06. The average Bonchev–Trinajstić information content (AvgIpc) is 2.30. The highest BCUT2D eigenvalue weighted by atomic mass is 35.5. The molecule has 1 saturated carbocycles. The van der Waals surface area contributed by atoms with Gasteiger partial charge in [0.1, 0.15) is 0 Å². The fourth-order valence-electron chi connectivity index (χ4n) is 2.27. The second kappa shape index (κ2) is 5.65. The predicted octanol–water partition coefficient (Wildman–Crippen LogP) is 3.40. The van der Waals surface area contributed by atoms with Gasteiger partial charge >= 0.3 is 0 Å². The first-order valence-corrected chi connectivity index (χ1v) is 6.45. The Labute approximate surface area is 102 Å². The molecule has 0 saturated heterocycles. The van der Waals surface area contributed by atoms with Gasteiger partial charge in [-0.25, -0.2) is 0 Å². The Morgan fingerprint density at radius 2 is 2.12 bits per heavy atom. The topological polar surface area (TPSA) is 24.9 Å². The van der Waals surface area contributed by atoms with Crippen molar-refractivity contribution < 1.29 is 0 Å². The van der Waals surface area contributed by atoms with E-state index in [-0.39, 0.29) is 0 Å². The van der Waals surface area contributed by atoms with Crippen LogP contribution in [0.3, 0.4) is 0 Å². The maximum Gasteiger partial charge on any atom is 0.0634 e. The molecule has 0 spiro atoms. The molecule has 2 rings (SSSR count). The number of aromatic nitrogens is 1. The van der Waals surface area contributed by atoms with Crippen molar-refractivity contribution in [1.82, 2.24) is 10.3 Å². The lowest BCUT2D eigenvalue weighted by molar-refractivity contribution is 0.306. The second-order valence-electron chi connectivity index (χ2n) is 4.80. The molecule has 0 atom stereocenters. The molecule has 1 fully saturated rings. The summed E-state index contributed by atoms with van der Waals surface area (Å²) in [5.41, 5.74) is 1.15. The van der Waals surface area contributed by atoms with Gasteiger partial charge in [-0.15, -0.1) is 0 Å². The van der Waals surface area contributed by atoms with Crippen molar-refractivity contribution in [2.24, 2.45) is 5.92 Å². The van der Waals surface area contributed by atoms with E-state index in [9.17, 15) is 0 Å². The number of halogens is 1. The van der Waals surface area contributed by atoms with Crippen LogP contribution in [-0.4, -0.2) is 11.0 Å². The van der Waals surface area contributed by atoms with E-state index < -0.39 is 0 Å². The third-order valence-electron chi connectivity index (χ3n) is 3.45. The number of nitrogens with zero attached hydrogens (tertiary/aromatic N) is 1. The van der Waals surface area contributed by atoms with Gasteiger partial charge in [0.25, 0.3) is 0 Å². The molecule has 0 unspecified atom stereocenters. The summed E-state index contributed by atoms with van der Waals surface area (Å²) in [7, 11) is 0. The first-order chi connectivity index (χ1) is 7.75. The van der Waals surface area contributed by atoms with Gasteiger partial charge in [-0.1, -0.05) is 18.5 Å². The van der Waals surface area contributed by atoms with Crippen LogP contribution in [0.2, 0.25) is 5.02 Å². The van der Waals surface area contributed by atoms with Gasteiger partial charge < -0.3 is 5.32 Å². The smallest absolute Gasteiger partial charge is 0.0634 e. The molecule has 0 radical (unpaired) electrons. The van der Waals surface area contributed by atoms with Crippen molar-refractivity contribution in [3.63, 3.8) is 0 Å². The third-order valence-corrected chi connectivity index (χ3v) is 3.79. The summed E-state index contributed by atoms with van der Waals surface area (Å²) in [5.74, 6) is 0.905. The van der Waals surface area contributed by atoms with Gasteiger partial charge in [0.15, 0.2) is 0 Å². The Morgan fingerprint density at radius 1 is 1.38 bits per heavy atom. The summed E-state index contributed by atoms with van der Waals surface area (Å²) in [5, 5.41) is 4.35. The molecule has 0 amide bonds. The molecule has 88 valence electrons. The highest BCUT2D eigenvalue weighted by Gasteiger charge is 2.17. The summed E-state index contributed by atoms with van der Waals surface area (Å²) in [6.07, 6.45) is 8.80. The molecule has 1 aromatic heterocycles. The largest absolute Gasteiger partial charge is 0.310 e. The van der Waals surface area contributed by atoms with Gasteiger partial charge in [0.2, 0.25) is 0 Å². The molecule has 3 heteroatoms. The number of hydrogen-bond acceptors (Lipinski definition) is 2. The van der Waals surface area contributed by atoms with Crippen molar-refractivity contribution >= 4 is 11.6 Å². The molecular formula is C13H19ClN2. The first kappa shape index (κ1) is 11.9. The minimum atomic E-state index is 0.667. The Morgan fingerprint density at radius 3 is 2.81 bits per heavy atom. The Kier molecular flexibility index (Phi) is 4.19. The molecule has 16 heavy (non-hydrogen) atoms. The van der Waals surface area contributed by atoms with Gasteiger partial charge in [-0.3, -0.25) is 4.98 Å². The van der Waals surface area contributed by atoms with E-state index in [2.05, 4.69) is 17.2 Å². The monoisotopic (exact) mass is 238 g/mol. The van der Waals surface area contributed by atoms with E-state index in [0.717, 1.165) is 23.0 Å². The van der Waals surface area contributed by atoms with Crippen LogP contribution in [0.4, 0.5) is 0 Å². The van der Waals surface area contributed by atoms with Crippen LogP contribution >= 0.6 is 11.6 Å². The fraction of sp³-hybridized carbons (Fsp3) is 0.615. The summed E-state index contributed by atoms with van der Waals surface area (Å²) in [6, 6.07) is 2.65. The lowest BCUT2D eigenvalue weighted by Gasteiger charge is -2.27. The van der Waals surface area contributed by atoms with Crippen LogP contribution < -0.4 is 5.32 Å². The van der Waals surface area contributed by atoms with Gasteiger partial charge in [0, 0.05) is 25.0 Å². The van der Waals surface area contributed by atoms with Crippen LogP contribution in [0.5, 0.6) is 0 Å². The van der Waals surface area contributed by atoms with Crippen LogP contribution in [0, 0.1) is 5.92 Å². The summed E-state index contributed by atoms with van der Waals surface area (Å²) in [6.45, 7) is 3.20. The molecule has 1 heterocycles. The van der Waals surface area contributed by atoms with E-state index in [1.165, 1.54) is 25.7 Å². The maximum absolute atomic E-state index is 6.06. The summed E-state index contributed by atoms with van der Waals surface area (Å²) >= 11 is 6.06. The van der Waals surface area contributed by atoms with Gasteiger partial charge in [-0.2, -0.15) is 0 Å². The van der Waals surface area contributed by atoms with Gasteiger partial charge in [-0.05, 0) is 43.2 Å². The van der Waals surface area contributed by atoms with Crippen molar-refractivity contribution in [2.75, 3.05) is 0 Å². The molecule has 0 aromatic carbocycles. The third kappa shape index (κ3) is 3.19. The standard InChI is InChI=1S/C13H19ClN2/c1-10-2-4-12(5-3-10)16-8-11-6-7-15-9-13(11)14/h6-7,9-10,12,16H,2-5,8H2,1H3. The van der Waals surface area contributed by atoms with Crippen LogP contribution in [0.15, 0.2) is 18.5 Å². The number of nitrogens with one attached hydrogen (secondary N) is 1. The molecular weight excluding hydrogens is 220 g/mol. The van der Waals surface area contributed by atoms with E-state index in [1.54, 1.807) is 12.4 Å². The minimum absolute atomic E-state index is 0.667. The lowest BCUT2D eigenvalue weighted by atomic mass is 9.87. The number of pyridine rings is 1. The minimum Gasteiger partial charge on any atom is -0.310 e. The molecule has 2 nitrogen and oxygen atoms in total. The summed E-state index contributed by atoms with van der Waals surface area (Å²) in [4.78, 5) is 3.99. The zero-order valence-corrected chi connectivity index (χ0v) is 10.5. The molecule has 1 N–H and O–H groups in total. The Balaban J connectivity index is 1.81. The van der Waals surface area contributed by atoms with Gasteiger partial charge in [0.05, 0.1) is 5.02 Å². The van der Waals surface area contributed by atoms with E-state index in [4.69, 9.17) is 11.6 Å². The highest BCUT2D eigenvalue weighted by Crippen LogP contribution is 2.24. The molecule has 0 aliphatic heterocycles. The van der Waals surface area contributed by atoms with Crippen LogP contribution in [-0.2, 0) is 6.54 Å². The molecule has 0 bridgehead atoms. The molecule has 1 aromatic rings. The predicted molar refractivity (Wildman–Crippen MR) is 67.5 cm³/mol. The second-order valence-corrected chi connectivity index (χ2v) is 5.21. The van der Waals surface area contributed by atoms with Crippen molar-refractivity contribution in [2.45, 2.75) is 45.2 Å². The Bertz CT molecular complexity index is 332. The van der Waals surface area contributed by atoms with Crippen LogP contribution in [0.25, 0.3) is 0 Å². The number of rotatable bonds is 3. The first-order valence-electron chi connectivity index (χ1n) is 6.07. The average molecular weight is 239 g/mol. The lowest BCUT2D eigenvalue weighted by Crippen LogP contribution is -2.32. The Hall–Kier alpha value is -0.600. The zero-order chi connectivity index (χ0) is 11.4. The van der Waals surface area contributed by atoms with Crippen LogP contribution in [0.1, 0.15) is 38.2 Å².